The van der Waals surface area contributed by atoms with E-state index in [4.69, 9.17) is 16.3 Å². The van der Waals surface area contributed by atoms with Crippen molar-refractivity contribution < 1.29 is 26.3 Å². The van der Waals surface area contributed by atoms with Crippen LogP contribution in [0.15, 0.2) is 17.0 Å². The Morgan fingerprint density at radius 3 is 2.35 bits per heavy atom. The monoisotopic (exact) mass is 331 g/mol. The minimum atomic E-state index is -4.42. The number of ether oxygens (including phenoxy) is 1. The average molecular weight is 332 g/mol. The Kier molecular flexibility index (Phi) is 6.25. The molecule has 9 heteroatoms. The van der Waals surface area contributed by atoms with E-state index in [0.717, 1.165) is 0 Å². The summed E-state index contributed by atoms with van der Waals surface area (Å²) in [6, 6.07) is 0.597. The fourth-order valence-electron chi connectivity index (χ4n) is 1.47. The van der Waals surface area contributed by atoms with E-state index in [2.05, 4.69) is 0 Å². The van der Waals surface area contributed by atoms with Crippen molar-refractivity contribution in [3.05, 3.63) is 29.6 Å². The lowest BCUT2D eigenvalue weighted by molar-refractivity contribution is 0.196. The van der Waals surface area contributed by atoms with E-state index in [1.54, 1.807) is 0 Å². The van der Waals surface area contributed by atoms with Gasteiger partial charge in [0.05, 0.1) is 12.0 Å². The molecule has 0 aliphatic heterocycles. The molecule has 0 heterocycles. The van der Waals surface area contributed by atoms with Crippen LogP contribution in [-0.2, 0) is 14.8 Å². The number of benzene rings is 1. The molecule has 1 aromatic rings. The van der Waals surface area contributed by atoms with Crippen molar-refractivity contribution in [2.45, 2.75) is 16.7 Å². The molecular formula is C11H13ClF3NO3S. The highest BCUT2D eigenvalue weighted by atomic mass is 35.5. The van der Waals surface area contributed by atoms with Gasteiger partial charge in [-0.15, -0.1) is 11.6 Å². The first kappa shape index (κ1) is 17.2. The third-order valence-corrected chi connectivity index (χ3v) is 4.18. The van der Waals surface area contributed by atoms with E-state index in [1.165, 1.54) is 7.11 Å². The number of rotatable bonds is 7. The van der Waals surface area contributed by atoms with E-state index in [9.17, 15) is 21.6 Å². The van der Waals surface area contributed by atoms with Gasteiger partial charge in [-0.25, -0.2) is 26.3 Å². The first-order chi connectivity index (χ1) is 9.27. The topological polar surface area (TPSA) is 55.4 Å². The van der Waals surface area contributed by atoms with Crippen molar-refractivity contribution in [3.63, 3.8) is 0 Å². The Bertz CT molecular complexity index is 545. The van der Waals surface area contributed by atoms with Crippen LogP contribution in [0.25, 0.3) is 0 Å². The van der Waals surface area contributed by atoms with Crippen LogP contribution in [0, 0.1) is 17.5 Å². The van der Waals surface area contributed by atoms with Gasteiger partial charge in [0.25, 0.3) is 0 Å². The van der Waals surface area contributed by atoms with Crippen LogP contribution in [0.2, 0.25) is 0 Å². The van der Waals surface area contributed by atoms with Gasteiger partial charge in [-0.2, -0.15) is 0 Å². The van der Waals surface area contributed by atoms with E-state index in [-0.39, 0.29) is 19.6 Å². The summed E-state index contributed by atoms with van der Waals surface area (Å²) >= 11 is 5.78. The third-order valence-electron chi connectivity index (χ3n) is 2.33. The highest BCUT2D eigenvalue weighted by Gasteiger charge is 2.24. The first-order valence-electron chi connectivity index (χ1n) is 5.55. The maximum Gasteiger partial charge on any atom is 0.246 e. The molecule has 4 nitrogen and oxygen atoms in total. The second-order valence-corrected chi connectivity index (χ2v) is 6.26. The SMILES string of the molecule is COCC(Cl)CCNS(=O)(=O)c1c(F)cc(F)cc1F. The number of methoxy groups -OCH3 is 1. The maximum absolute atomic E-state index is 13.4. The van der Waals surface area contributed by atoms with Gasteiger partial charge in [-0.1, -0.05) is 0 Å². The predicted molar refractivity (Wildman–Crippen MR) is 67.6 cm³/mol. The summed E-state index contributed by atoms with van der Waals surface area (Å²) in [6.07, 6.45) is 0.207. The van der Waals surface area contributed by atoms with Gasteiger partial charge in [0.15, 0.2) is 4.90 Å². The van der Waals surface area contributed by atoms with Crippen molar-refractivity contribution in [1.82, 2.24) is 4.72 Å². The third kappa shape index (κ3) is 4.62. The predicted octanol–water partition coefficient (Wildman–Crippen LogP) is 2.03. The Balaban J connectivity index is 2.80. The van der Waals surface area contributed by atoms with Crippen LogP contribution in [-0.4, -0.2) is 34.1 Å². The van der Waals surface area contributed by atoms with Gasteiger partial charge in [-0.3, -0.25) is 0 Å². The van der Waals surface area contributed by atoms with Gasteiger partial charge in [0.1, 0.15) is 17.5 Å². The molecule has 0 amide bonds. The Labute approximate surface area is 119 Å². The van der Waals surface area contributed by atoms with Gasteiger partial charge >= 0.3 is 0 Å². The van der Waals surface area contributed by atoms with Crippen LogP contribution in [0.4, 0.5) is 13.2 Å². The normalized spacial score (nSPS) is 13.4. The summed E-state index contributed by atoms with van der Waals surface area (Å²) in [5.41, 5.74) is 0. The molecule has 0 aliphatic rings. The molecule has 0 fully saturated rings. The summed E-state index contributed by atoms with van der Waals surface area (Å²) in [5.74, 6) is -4.18. The molecule has 114 valence electrons. The standard InChI is InChI=1S/C11H13ClF3NO3S/c1-19-6-7(12)2-3-16-20(17,18)11-9(14)4-8(13)5-10(11)15/h4-5,7,16H,2-3,6H2,1H3. The zero-order valence-electron chi connectivity index (χ0n) is 10.5. The van der Waals surface area contributed by atoms with Crippen LogP contribution in [0.1, 0.15) is 6.42 Å². The fraction of sp³-hybridized carbons (Fsp3) is 0.455. The zero-order chi connectivity index (χ0) is 15.3. The van der Waals surface area contributed by atoms with E-state index < -0.39 is 37.7 Å². The highest BCUT2D eigenvalue weighted by molar-refractivity contribution is 7.89. The number of hydrogen-bond donors (Lipinski definition) is 1. The van der Waals surface area contributed by atoms with Crippen molar-refractivity contribution in [1.29, 1.82) is 0 Å². The number of hydrogen-bond acceptors (Lipinski definition) is 3. The molecule has 20 heavy (non-hydrogen) atoms. The molecule has 1 rings (SSSR count). The Hall–Kier alpha value is -0.830. The molecule has 0 spiro atoms. The summed E-state index contributed by atoms with van der Waals surface area (Å²) in [5, 5.41) is -0.439. The molecule has 1 aromatic carbocycles. The molecule has 0 saturated carbocycles. The first-order valence-corrected chi connectivity index (χ1v) is 7.47. The van der Waals surface area contributed by atoms with E-state index >= 15 is 0 Å². The minimum absolute atomic E-state index is 0.129. The summed E-state index contributed by atoms with van der Waals surface area (Å²) < 4.78 is 69.7. The minimum Gasteiger partial charge on any atom is -0.383 e. The van der Waals surface area contributed by atoms with Crippen LogP contribution < -0.4 is 4.72 Å². The molecule has 0 aliphatic carbocycles. The van der Waals surface area contributed by atoms with Gasteiger partial charge in [0, 0.05) is 25.8 Å². The van der Waals surface area contributed by atoms with Gasteiger partial charge in [0.2, 0.25) is 10.0 Å². The summed E-state index contributed by atoms with van der Waals surface area (Å²) in [4.78, 5) is -1.21. The van der Waals surface area contributed by atoms with E-state index in [1.807, 2.05) is 4.72 Å². The number of sulfonamides is 1. The Morgan fingerprint density at radius 1 is 1.30 bits per heavy atom. The molecule has 0 aromatic heterocycles. The second kappa shape index (κ2) is 7.26. The summed E-state index contributed by atoms with van der Waals surface area (Å²) in [7, 11) is -2.98. The molecule has 1 unspecified atom stereocenters. The van der Waals surface area contributed by atoms with Crippen molar-refractivity contribution in [2.24, 2.45) is 0 Å². The largest absolute Gasteiger partial charge is 0.383 e. The van der Waals surface area contributed by atoms with Crippen molar-refractivity contribution in [3.8, 4) is 0 Å². The smallest absolute Gasteiger partial charge is 0.246 e. The van der Waals surface area contributed by atoms with Crippen molar-refractivity contribution >= 4 is 21.6 Å². The fourth-order valence-corrected chi connectivity index (χ4v) is 2.87. The van der Waals surface area contributed by atoms with Gasteiger partial charge in [-0.05, 0) is 6.42 Å². The average Bonchev–Trinajstić information content (AvgIpc) is 2.26. The number of halogens is 4. The summed E-state index contributed by atoms with van der Waals surface area (Å²) in [6.45, 7) is 0.0820. The maximum atomic E-state index is 13.4. The molecule has 0 bridgehead atoms. The lowest BCUT2D eigenvalue weighted by atomic mass is 10.3. The molecule has 1 atom stereocenters. The second-order valence-electron chi connectivity index (χ2n) is 3.94. The zero-order valence-corrected chi connectivity index (χ0v) is 12.1. The van der Waals surface area contributed by atoms with Crippen LogP contribution >= 0.6 is 11.6 Å². The highest BCUT2D eigenvalue weighted by Crippen LogP contribution is 2.20. The van der Waals surface area contributed by atoms with Crippen LogP contribution in [0.5, 0.6) is 0 Å². The number of nitrogens with one attached hydrogen (secondary N) is 1. The van der Waals surface area contributed by atoms with Crippen molar-refractivity contribution in [2.75, 3.05) is 20.3 Å². The Morgan fingerprint density at radius 2 is 1.85 bits per heavy atom. The molecule has 0 radical (unpaired) electrons. The molecule has 0 saturated heterocycles. The van der Waals surface area contributed by atoms with Crippen LogP contribution in [0.3, 0.4) is 0 Å². The quantitative estimate of drug-likeness (QED) is 0.778. The number of alkyl halides is 1. The lowest BCUT2D eigenvalue weighted by Crippen LogP contribution is -2.28. The van der Waals surface area contributed by atoms with E-state index in [0.29, 0.717) is 12.1 Å². The molecular weight excluding hydrogens is 319 g/mol. The molecule has 1 N–H and O–H groups in total. The lowest BCUT2D eigenvalue weighted by Gasteiger charge is -2.11. The van der Waals surface area contributed by atoms with Gasteiger partial charge < -0.3 is 4.74 Å².